The van der Waals surface area contributed by atoms with E-state index in [1.807, 2.05) is 26.0 Å². The molecule has 3 rings (SSSR count). The molecule has 28 heavy (non-hydrogen) atoms. The molecule has 7 heteroatoms. The standard InChI is InChI=1S/C21H21ClFN3O2/c1-13-8-15(14(2)26(13)12-18-4-3-7-28-18)9-16(11-24)21(27)25-17-5-6-20(23)19(22)10-17/h5-6,8-10,18H,3-4,7,12H2,1-2H3,(H,25,27)/b16-9+/t18-/m1/s1. The minimum atomic E-state index is -0.575. The number of aromatic nitrogens is 1. The Balaban J connectivity index is 1.80. The molecular weight excluding hydrogens is 381 g/mol. The number of aryl methyl sites for hydroxylation is 1. The number of carbonyl (C=O) groups is 1. The summed E-state index contributed by atoms with van der Waals surface area (Å²) in [6.07, 6.45) is 3.87. The largest absolute Gasteiger partial charge is 0.376 e. The average molecular weight is 402 g/mol. The minimum Gasteiger partial charge on any atom is -0.376 e. The molecule has 2 heterocycles. The molecule has 0 radical (unpaired) electrons. The third-order valence-corrected chi connectivity index (χ3v) is 5.16. The molecule has 146 valence electrons. The third-order valence-electron chi connectivity index (χ3n) is 4.87. The van der Waals surface area contributed by atoms with E-state index in [9.17, 15) is 14.4 Å². The normalized spacial score (nSPS) is 16.8. The summed E-state index contributed by atoms with van der Waals surface area (Å²) in [5.41, 5.74) is 3.10. The topological polar surface area (TPSA) is 67.0 Å². The molecule has 1 atom stereocenters. The summed E-state index contributed by atoms with van der Waals surface area (Å²) < 4.78 is 21.1. The highest BCUT2D eigenvalue weighted by atomic mass is 35.5. The van der Waals surface area contributed by atoms with Crippen LogP contribution in [0.1, 0.15) is 29.8 Å². The summed E-state index contributed by atoms with van der Waals surface area (Å²) in [6, 6.07) is 7.73. The van der Waals surface area contributed by atoms with E-state index in [-0.39, 0.29) is 16.7 Å². The van der Waals surface area contributed by atoms with Gasteiger partial charge in [0, 0.05) is 30.2 Å². The van der Waals surface area contributed by atoms with Gasteiger partial charge < -0.3 is 14.6 Å². The Morgan fingerprint density at radius 1 is 1.46 bits per heavy atom. The Labute approximate surface area is 168 Å². The number of hydrogen-bond acceptors (Lipinski definition) is 3. The second-order valence-corrected chi connectivity index (χ2v) is 7.23. The molecule has 1 aromatic carbocycles. The summed E-state index contributed by atoms with van der Waals surface area (Å²) in [4.78, 5) is 12.5. The predicted octanol–water partition coefficient (Wildman–Crippen LogP) is 4.62. The Kier molecular flexibility index (Phi) is 6.18. The molecule has 1 amide bonds. The maximum Gasteiger partial charge on any atom is 0.266 e. The van der Waals surface area contributed by atoms with Crippen LogP contribution in [0.25, 0.3) is 6.08 Å². The number of amides is 1. The minimum absolute atomic E-state index is 0.0437. The van der Waals surface area contributed by atoms with Crippen LogP contribution in [0.4, 0.5) is 10.1 Å². The van der Waals surface area contributed by atoms with E-state index in [1.54, 1.807) is 6.08 Å². The summed E-state index contributed by atoms with van der Waals surface area (Å²) in [6.45, 7) is 5.50. The first-order valence-electron chi connectivity index (χ1n) is 9.05. The van der Waals surface area contributed by atoms with Crippen LogP contribution in [0.15, 0.2) is 29.8 Å². The SMILES string of the molecule is Cc1cc(/C=C(\C#N)C(=O)Nc2ccc(F)c(Cl)c2)c(C)n1C[C@H]1CCCO1. The Hall–Kier alpha value is -2.62. The highest BCUT2D eigenvalue weighted by molar-refractivity contribution is 6.31. The van der Waals surface area contributed by atoms with E-state index in [1.165, 1.54) is 12.1 Å². The van der Waals surface area contributed by atoms with Crippen molar-refractivity contribution in [3.05, 3.63) is 57.6 Å². The van der Waals surface area contributed by atoms with Crippen molar-refractivity contribution in [2.45, 2.75) is 39.3 Å². The van der Waals surface area contributed by atoms with Gasteiger partial charge in [0.25, 0.3) is 5.91 Å². The number of rotatable bonds is 5. The van der Waals surface area contributed by atoms with Crippen molar-refractivity contribution in [2.24, 2.45) is 0 Å². The number of ether oxygens (including phenoxy) is 1. The maximum atomic E-state index is 13.3. The number of nitriles is 1. The van der Waals surface area contributed by atoms with Gasteiger partial charge in [-0.25, -0.2) is 4.39 Å². The van der Waals surface area contributed by atoms with Crippen LogP contribution in [-0.4, -0.2) is 23.2 Å². The van der Waals surface area contributed by atoms with Crippen molar-refractivity contribution in [3.63, 3.8) is 0 Å². The molecule has 1 N–H and O–H groups in total. The first-order valence-corrected chi connectivity index (χ1v) is 9.43. The summed E-state index contributed by atoms with van der Waals surface area (Å²) in [5, 5.41) is 11.9. The van der Waals surface area contributed by atoms with E-state index < -0.39 is 11.7 Å². The van der Waals surface area contributed by atoms with Crippen LogP contribution in [0, 0.1) is 31.0 Å². The zero-order valence-corrected chi connectivity index (χ0v) is 16.5. The van der Waals surface area contributed by atoms with Crippen LogP contribution in [-0.2, 0) is 16.1 Å². The molecule has 0 aliphatic carbocycles. The van der Waals surface area contributed by atoms with E-state index in [4.69, 9.17) is 16.3 Å². The van der Waals surface area contributed by atoms with Gasteiger partial charge in [0.1, 0.15) is 17.5 Å². The Morgan fingerprint density at radius 3 is 2.89 bits per heavy atom. The third kappa shape index (κ3) is 4.44. The van der Waals surface area contributed by atoms with Gasteiger partial charge in [-0.05, 0) is 62.6 Å². The lowest BCUT2D eigenvalue weighted by Crippen LogP contribution is -2.17. The first kappa shape index (κ1) is 20.1. The van der Waals surface area contributed by atoms with E-state index in [0.29, 0.717) is 5.69 Å². The van der Waals surface area contributed by atoms with E-state index in [2.05, 4.69) is 9.88 Å². The van der Waals surface area contributed by atoms with Gasteiger partial charge in [-0.15, -0.1) is 0 Å². The first-order chi connectivity index (χ1) is 13.4. The molecule has 1 fully saturated rings. The number of carbonyl (C=O) groups excluding carboxylic acids is 1. The molecule has 5 nitrogen and oxygen atoms in total. The van der Waals surface area contributed by atoms with Crippen molar-refractivity contribution < 1.29 is 13.9 Å². The van der Waals surface area contributed by atoms with Crippen molar-refractivity contribution in [1.29, 1.82) is 5.26 Å². The fraction of sp³-hybridized carbons (Fsp3) is 0.333. The molecule has 0 saturated carbocycles. The van der Waals surface area contributed by atoms with E-state index >= 15 is 0 Å². The van der Waals surface area contributed by atoms with Gasteiger partial charge in [0.15, 0.2) is 0 Å². The molecule has 1 saturated heterocycles. The summed E-state index contributed by atoms with van der Waals surface area (Å²) >= 11 is 5.73. The summed E-state index contributed by atoms with van der Waals surface area (Å²) in [5.74, 6) is -1.15. The van der Waals surface area contributed by atoms with Crippen molar-refractivity contribution in [1.82, 2.24) is 4.57 Å². The molecule has 1 aromatic heterocycles. The number of anilines is 1. The number of nitrogens with zero attached hydrogens (tertiary/aromatic N) is 2. The molecule has 1 aliphatic rings. The average Bonchev–Trinajstić information content (AvgIpc) is 3.26. The van der Waals surface area contributed by atoms with Gasteiger partial charge in [-0.1, -0.05) is 11.6 Å². The van der Waals surface area contributed by atoms with Gasteiger partial charge in [-0.3, -0.25) is 4.79 Å². The summed E-state index contributed by atoms with van der Waals surface area (Å²) in [7, 11) is 0. The lowest BCUT2D eigenvalue weighted by molar-refractivity contribution is -0.112. The highest BCUT2D eigenvalue weighted by Gasteiger charge is 2.19. The molecule has 0 unspecified atom stereocenters. The number of hydrogen-bond donors (Lipinski definition) is 1. The van der Waals surface area contributed by atoms with Crippen molar-refractivity contribution in [3.8, 4) is 6.07 Å². The molecule has 0 spiro atoms. The van der Waals surface area contributed by atoms with Crippen LogP contribution in [0.3, 0.4) is 0 Å². The number of halogens is 2. The van der Waals surface area contributed by atoms with Crippen molar-refractivity contribution in [2.75, 3.05) is 11.9 Å². The molecule has 2 aromatic rings. The molecule has 0 bridgehead atoms. The van der Waals surface area contributed by atoms with Gasteiger partial charge >= 0.3 is 0 Å². The van der Waals surface area contributed by atoms with Crippen LogP contribution < -0.4 is 5.32 Å². The quantitative estimate of drug-likeness (QED) is 0.587. The fourth-order valence-corrected chi connectivity index (χ4v) is 3.50. The van der Waals surface area contributed by atoms with Crippen molar-refractivity contribution >= 4 is 29.3 Å². The van der Waals surface area contributed by atoms with E-state index in [0.717, 1.165) is 49.0 Å². The smallest absolute Gasteiger partial charge is 0.266 e. The zero-order chi connectivity index (χ0) is 20.3. The van der Waals surface area contributed by atoms with Gasteiger partial charge in [0.2, 0.25) is 0 Å². The zero-order valence-electron chi connectivity index (χ0n) is 15.8. The Morgan fingerprint density at radius 2 is 2.25 bits per heavy atom. The monoisotopic (exact) mass is 401 g/mol. The highest BCUT2D eigenvalue weighted by Crippen LogP contribution is 2.23. The van der Waals surface area contributed by atoms with Gasteiger partial charge in [0.05, 0.1) is 11.1 Å². The Bertz CT molecular complexity index is 969. The number of nitrogens with one attached hydrogen (secondary N) is 1. The predicted molar refractivity (Wildman–Crippen MR) is 107 cm³/mol. The maximum absolute atomic E-state index is 13.3. The van der Waals surface area contributed by atoms with Crippen LogP contribution >= 0.6 is 11.6 Å². The van der Waals surface area contributed by atoms with Gasteiger partial charge in [-0.2, -0.15) is 5.26 Å². The lowest BCUT2D eigenvalue weighted by Gasteiger charge is -2.14. The molecular formula is C21H21ClFN3O2. The number of benzene rings is 1. The van der Waals surface area contributed by atoms with Crippen LogP contribution in [0.5, 0.6) is 0 Å². The fourth-order valence-electron chi connectivity index (χ4n) is 3.32. The lowest BCUT2D eigenvalue weighted by atomic mass is 10.1. The second-order valence-electron chi connectivity index (χ2n) is 6.82. The van der Waals surface area contributed by atoms with Crippen LogP contribution in [0.2, 0.25) is 5.02 Å². The molecule has 1 aliphatic heterocycles. The second kappa shape index (κ2) is 8.59.